The van der Waals surface area contributed by atoms with E-state index in [1.807, 2.05) is 24.4 Å². The van der Waals surface area contributed by atoms with Crippen LogP contribution < -0.4 is 5.73 Å². The molecule has 21 heavy (non-hydrogen) atoms. The molecule has 1 aliphatic heterocycles. The predicted octanol–water partition coefficient (Wildman–Crippen LogP) is 3.02. The number of hydrogen-bond acceptors (Lipinski definition) is 3. The molecule has 1 aromatic carbocycles. The van der Waals surface area contributed by atoms with E-state index in [2.05, 4.69) is 16.0 Å². The summed E-state index contributed by atoms with van der Waals surface area (Å²) >= 11 is 0. The summed E-state index contributed by atoms with van der Waals surface area (Å²) in [6.07, 6.45) is 6.08. The lowest BCUT2D eigenvalue weighted by Crippen LogP contribution is -2.23. The minimum Gasteiger partial charge on any atom is -0.326 e. The second-order valence-electron chi connectivity index (χ2n) is 5.54. The fourth-order valence-corrected chi connectivity index (χ4v) is 3.08. The van der Waals surface area contributed by atoms with Crippen LogP contribution in [0.15, 0.2) is 42.7 Å². The van der Waals surface area contributed by atoms with Crippen LogP contribution in [0.4, 0.5) is 4.39 Å². The Balaban J connectivity index is 1.77. The number of nitrogens with zero attached hydrogens (tertiary/aromatic N) is 2. The highest BCUT2D eigenvalue weighted by atomic mass is 19.1. The van der Waals surface area contributed by atoms with E-state index in [9.17, 15) is 4.39 Å². The van der Waals surface area contributed by atoms with Crippen LogP contribution in [0.5, 0.6) is 0 Å². The summed E-state index contributed by atoms with van der Waals surface area (Å²) in [5, 5.41) is 0. The molecular formula is C17H20FN3. The maximum absolute atomic E-state index is 13.5. The molecule has 2 N–H and O–H groups in total. The topological polar surface area (TPSA) is 42.1 Å². The Morgan fingerprint density at radius 1 is 1.33 bits per heavy atom. The summed E-state index contributed by atoms with van der Waals surface area (Å²) in [6.45, 7) is 2.13. The molecule has 0 spiro atoms. The third kappa shape index (κ3) is 3.12. The van der Waals surface area contributed by atoms with Gasteiger partial charge in [-0.3, -0.25) is 9.88 Å². The smallest absolute Gasteiger partial charge is 0.127 e. The van der Waals surface area contributed by atoms with Gasteiger partial charge in [0.25, 0.3) is 0 Å². The minimum absolute atomic E-state index is 0.216. The molecule has 1 saturated heterocycles. The molecule has 1 aromatic heterocycles. The van der Waals surface area contributed by atoms with Crippen molar-refractivity contribution in [2.75, 3.05) is 6.54 Å². The van der Waals surface area contributed by atoms with E-state index < -0.39 is 0 Å². The Bertz CT molecular complexity index is 600. The van der Waals surface area contributed by atoms with Crippen molar-refractivity contribution in [1.82, 2.24) is 9.88 Å². The summed E-state index contributed by atoms with van der Waals surface area (Å²) in [6, 6.07) is 9.78. The van der Waals surface area contributed by atoms with Crippen LogP contribution >= 0.6 is 0 Å². The molecule has 1 fully saturated rings. The SMILES string of the molecule is NCc1cc(CN2CCCC2c2cccnc2)ccc1F. The molecule has 4 heteroatoms. The van der Waals surface area contributed by atoms with Crippen molar-refractivity contribution in [2.45, 2.75) is 32.0 Å². The molecule has 0 bridgehead atoms. The van der Waals surface area contributed by atoms with E-state index in [0.29, 0.717) is 11.6 Å². The number of halogens is 1. The number of likely N-dealkylation sites (tertiary alicyclic amines) is 1. The fraction of sp³-hybridized carbons (Fsp3) is 0.353. The van der Waals surface area contributed by atoms with Gasteiger partial charge in [-0.05, 0) is 42.6 Å². The lowest BCUT2D eigenvalue weighted by atomic mass is 10.1. The first-order valence-corrected chi connectivity index (χ1v) is 7.39. The molecule has 3 rings (SSSR count). The van der Waals surface area contributed by atoms with Gasteiger partial charge in [-0.1, -0.05) is 18.2 Å². The summed E-state index contributed by atoms with van der Waals surface area (Å²) in [7, 11) is 0. The predicted molar refractivity (Wildman–Crippen MR) is 80.9 cm³/mol. The Morgan fingerprint density at radius 2 is 2.24 bits per heavy atom. The molecule has 2 heterocycles. The zero-order chi connectivity index (χ0) is 14.7. The third-order valence-electron chi connectivity index (χ3n) is 4.15. The number of aromatic nitrogens is 1. The zero-order valence-electron chi connectivity index (χ0n) is 12.0. The molecule has 1 aliphatic rings. The van der Waals surface area contributed by atoms with Crippen molar-refractivity contribution in [3.8, 4) is 0 Å². The Morgan fingerprint density at radius 3 is 3.00 bits per heavy atom. The fourth-order valence-electron chi connectivity index (χ4n) is 3.08. The van der Waals surface area contributed by atoms with Crippen molar-refractivity contribution < 1.29 is 4.39 Å². The monoisotopic (exact) mass is 285 g/mol. The summed E-state index contributed by atoms with van der Waals surface area (Å²) in [5.74, 6) is -0.216. The van der Waals surface area contributed by atoms with Gasteiger partial charge in [0, 0.05) is 37.1 Å². The van der Waals surface area contributed by atoms with Crippen LogP contribution in [0.3, 0.4) is 0 Å². The maximum atomic E-state index is 13.5. The molecule has 0 amide bonds. The van der Waals surface area contributed by atoms with Gasteiger partial charge in [0.2, 0.25) is 0 Å². The molecule has 0 saturated carbocycles. The van der Waals surface area contributed by atoms with Gasteiger partial charge >= 0.3 is 0 Å². The van der Waals surface area contributed by atoms with Gasteiger partial charge in [-0.15, -0.1) is 0 Å². The van der Waals surface area contributed by atoms with E-state index >= 15 is 0 Å². The Hall–Kier alpha value is -1.78. The number of benzene rings is 1. The van der Waals surface area contributed by atoms with Crippen molar-refractivity contribution in [3.63, 3.8) is 0 Å². The molecule has 1 unspecified atom stereocenters. The van der Waals surface area contributed by atoms with Crippen molar-refractivity contribution in [1.29, 1.82) is 0 Å². The van der Waals surface area contributed by atoms with Crippen LogP contribution in [-0.2, 0) is 13.1 Å². The molecule has 0 aliphatic carbocycles. The highest BCUT2D eigenvalue weighted by molar-refractivity contribution is 5.25. The van der Waals surface area contributed by atoms with Crippen LogP contribution in [-0.4, -0.2) is 16.4 Å². The van der Waals surface area contributed by atoms with Crippen LogP contribution in [0.1, 0.15) is 35.6 Å². The van der Waals surface area contributed by atoms with Crippen molar-refractivity contribution in [2.24, 2.45) is 5.73 Å². The Kier molecular flexibility index (Phi) is 4.27. The van der Waals surface area contributed by atoms with Crippen LogP contribution in [0, 0.1) is 5.82 Å². The van der Waals surface area contributed by atoms with E-state index in [1.54, 1.807) is 6.20 Å². The molecule has 3 nitrogen and oxygen atoms in total. The lowest BCUT2D eigenvalue weighted by molar-refractivity contribution is 0.248. The quantitative estimate of drug-likeness (QED) is 0.939. The number of nitrogens with two attached hydrogens (primary N) is 1. The normalized spacial score (nSPS) is 19.0. The lowest BCUT2D eigenvalue weighted by Gasteiger charge is -2.24. The van der Waals surface area contributed by atoms with Crippen LogP contribution in [0.2, 0.25) is 0 Å². The summed E-state index contributed by atoms with van der Waals surface area (Å²) < 4.78 is 13.5. The Labute approximate surface area is 124 Å². The van der Waals surface area contributed by atoms with Gasteiger partial charge in [0.1, 0.15) is 5.82 Å². The molecule has 110 valence electrons. The number of rotatable bonds is 4. The van der Waals surface area contributed by atoms with E-state index in [1.165, 1.54) is 18.1 Å². The van der Waals surface area contributed by atoms with E-state index in [4.69, 9.17) is 5.73 Å². The van der Waals surface area contributed by atoms with Gasteiger partial charge in [0.05, 0.1) is 0 Å². The van der Waals surface area contributed by atoms with Crippen LogP contribution in [0.25, 0.3) is 0 Å². The standard InChI is InChI=1S/C17H20FN3/c18-16-6-5-13(9-15(16)10-19)12-21-8-2-4-17(21)14-3-1-7-20-11-14/h1,3,5-7,9,11,17H,2,4,8,10,12,19H2. The summed E-state index contributed by atoms with van der Waals surface area (Å²) in [4.78, 5) is 6.65. The van der Waals surface area contributed by atoms with Crippen molar-refractivity contribution in [3.05, 3.63) is 65.2 Å². The average molecular weight is 285 g/mol. The highest BCUT2D eigenvalue weighted by Crippen LogP contribution is 2.32. The first-order chi connectivity index (χ1) is 10.3. The third-order valence-corrected chi connectivity index (χ3v) is 4.15. The second-order valence-corrected chi connectivity index (χ2v) is 5.54. The van der Waals surface area contributed by atoms with E-state index in [0.717, 1.165) is 25.1 Å². The number of pyridine rings is 1. The highest BCUT2D eigenvalue weighted by Gasteiger charge is 2.26. The van der Waals surface area contributed by atoms with Gasteiger partial charge in [-0.2, -0.15) is 0 Å². The average Bonchev–Trinajstić information content (AvgIpc) is 2.98. The van der Waals surface area contributed by atoms with E-state index in [-0.39, 0.29) is 12.4 Å². The second kappa shape index (κ2) is 6.33. The molecule has 2 aromatic rings. The molecule has 0 radical (unpaired) electrons. The summed E-state index contributed by atoms with van der Waals surface area (Å²) in [5.41, 5.74) is 8.55. The van der Waals surface area contributed by atoms with Gasteiger partial charge < -0.3 is 5.73 Å². The minimum atomic E-state index is -0.216. The van der Waals surface area contributed by atoms with Gasteiger partial charge in [-0.25, -0.2) is 4.39 Å². The molecule has 1 atom stereocenters. The molecular weight excluding hydrogens is 265 g/mol. The van der Waals surface area contributed by atoms with Gasteiger partial charge in [0.15, 0.2) is 0 Å². The number of hydrogen-bond donors (Lipinski definition) is 1. The maximum Gasteiger partial charge on any atom is 0.127 e. The van der Waals surface area contributed by atoms with Crippen molar-refractivity contribution >= 4 is 0 Å². The largest absolute Gasteiger partial charge is 0.326 e. The first kappa shape index (κ1) is 14.2. The zero-order valence-corrected chi connectivity index (χ0v) is 12.0. The first-order valence-electron chi connectivity index (χ1n) is 7.39.